The highest BCUT2D eigenvalue weighted by Gasteiger charge is 2.32. The van der Waals surface area contributed by atoms with E-state index in [2.05, 4.69) is 20.5 Å². The van der Waals surface area contributed by atoms with Crippen LogP contribution in [0.15, 0.2) is 53.3 Å². The lowest BCUT2D eigenvalue weighted by Gasteiger charge is -2.18. The molecule has 3 aromatic rings. The molecule has 37 heavy (non-hydrogen) atoms. The second-order valence-electron chi connectivity index (χ2n) is 8.51. The smallest absolute Gasteiger partial charge is 0.405 e. The van der Waals surface area contributed by atoms with Crippen molar-refractivity contribution in [3.63, 3.8) is 0 Å². The molecule has 12 heteroatoms. The zero-order valence-corrected chi connectivity index (χ0v) is 20.5. The van der Waals surface area contributed by atoms with Gasteiger partial charge in [-0.15, -0.1) is 13.2 Å². The van der Waals surface area contributed by atoms with Crippen LogP contribution in [0.4, 0.5) is 23.8 Å². The third-order valence-electron chi connectivity index (χ3n) is 5.63. The summed E-state index contributed by atoms with van der Waals surface area (Å²) in [5.74, 6) is -0.227. The van der Waals surface area contributed by atoms with Gasteiger partial charge in [0.2, 0.25) is 0 Å². The van der Waals surface area contributed by atoms with Crippen molar-refractivity contribution in [1.29, 1.82) is 0 Å². The average molecular weight is 522 g/mol. The number of carbonyl (C=O) groups is 1. The summed E-state index contributed by atoms with van der Waals surface area (Å²) in [4.78, 5) is 24.6. The first kappa shape index (κ1) is 27.8. The Morgan fingerprint density at radius 3 is 2.43 bits per heavy atom. The van der Waals surface area contributed by atoms with E-state index in [-0.39, 0.29) is 30.1 Å². The van der Waals surface area contributed by atoms with Crippen molar-refractivity contribution in [2.24, 2.45) is 5.73 Å². The summed E-state index contributed by atoms with van der Waals surface area (Å²) in [6.45, 7) is 1.46. The molecule has 0 spiro atoms. The second kappa shape index (κ2) is 12.5. The van der Waals surface area contributed by atoms with Crippen LogP contribution in [0.5, 0.6) is 5.75 Å². The topological polar surface area (TPSA) is 123 Å². The summed E-state index contributed by atoms with van der Waals surface area (Å²) in [7, 11) is 1.46. The Balaban J connectivity index is 0.000000678. The summed E-state index contributed by atoms with van der Waals surface area (Å²) in [5.41, 5.74) is 6.59. The number of benzene rings is 2. The normalized spacial score (nSPS) is 13.2. The number of nitrogens with zero attached hydrogens (tertiary/aromatic N) is 1. The van der Waals surface area contributed by atoms with Crippen LogP contribution >= 0.6 is 0 Å². The first-order valence-electron chi connectivity index (χ1n) is 11.6. The standard InChI is InChI=1S/C21H21F3N4O4.C4H9N/c1-13-18(28(27-19(13)29)16-6-4-3-5-7-16)26-20(30)25-11-15-10-14(12-31-2)8-9-17(15)32-21(22,23)24;5-4-2-1-3-4/h3-10H,11-12H2,1-2H3,(H,27,29)(H2,25,26,30);4H,1-3,5H2. The Labute approximate surface area is 211 Å². The van der Waals surface area contributed by atoms with Gasteiger partial charge < -0.3 is 20.5 Å². The number of aromatic nitrogens is 2. The van der Waals surface area contributed by atoms with Gasteiger partial charge in [-0.1, -0.05) is 30.7 Å². The maximum absolute atomic E-state index is 12.7. The molecule has 2 amide bonds. The van der Waals surface area contributed by atoms with Gasteiger partial charge in [-0.05, 0) is 49.6 Å². The van der Waals surface area contributed by atoms with Crippen LogP contribution < -0.4 is 26.7 Å². The number of H-pyrrole nitrogens is 1. The van der Waals surface area contributed by atoms with Gasteiger partial charge in [0, 0.05) is 25.3 Å². The molecule has 0 radical (unpaired) electrons. The molecule has 1 fully saturated rings. The average Bonchev–Trinajstić information content (AvgIpc) is 3.11. The SMILES string of the molecule is COCc1ccc(OC(F)(F)F)c(CNC(=O)Nc2c(C)c(=O)[nH]n2-c2ccccc2)c1.NC1CCC1. The molecular weight excluding hydrogens is 491 g/mol. The maximum atomic E-state index is 12.7. The number of alkyl halides is 3. The molecule has 200 valence electrons. The van der Waals surface area contributed by atoms with E-state index < -0.39 is 23.7 Å². The lowest BCUT2D eigenvalue weighted by Crippen LogP contribution is -2.30. The molecule has 0 bridgehead atoms. The van der Waals surface area contributed by atoms with E-state index in [1.807, 2.05) is 0 Å². The van der Waals surface area contributed by atoms with Crippen LogP contribution in [0.2, 0.25) is 0 Å². The number of nitrogens with two attached hydrogens (primary N) is 1. The first-order valence-corrected chi connectivity index (χ1v) is 11.6. The minimum Gasteiger partial charge on any atom is -0.405 e. The molecule has 1 aromatic heterocycles. The molecule has 4 rings (SSSR count). The second-order valence-corrected chi connectivity index (χ2v) is 8.51. The number of para-hydroxylation sites is 1. The van der Waals surface area contributed by atoms with Gasteiger partial charge in [0.15, 0.2) is 0 Å². The lowest BCUT2D eigenvalue weighted by atomic mass is 9.95. The van der Waals surface area contributed by atoms with Crippen molar-refractivity contribution in [2.75, 3.05) is 12.4 Å². The maximum Gasteiger partial charge on any atom is 0.573 e. The van der Waals surface area contributed by atoms with E-state index in [4.69, 9.17) is 10.5 Å². The number of halogens is 3. The lowest BCUT2D eigenvalue weighted by molar-refractivity contribution is -0.274. The zero-order valence-electron chi connectivity index (χ0n) is 20.5. The largest absolute Gasteiger partial charge is 0.573 e. The van der Waals surface area contributed by atoms with Crippen molar-refractivity contribution in [3.05, 3.63) is 75.6 Å². The number of methoxy groups -OCH3 is 1. The van der Waals surface area contributed by atoms with Gasteiger partial charge in [0.05, 0.1) is 17.9 Å². The zero-order chi connectivity index (χ0) is 27.0. The number of aromatic amines is 1. The van der Waals surface area contributed by atoms with E-state index >= 15 is 0 Å². The fraction of sp³-hybridized carbons (Fsp3) is 0.360. The molecule has 0 saturated heterocycles. The molecule has 0 atom stereocenters. The number of rotatable bonds is 7. The number of hydrogen-bond acceptors (Lipinski definition) is 5. The molecule has 9 nitrogen and oxygen atoms in total. The summed E-state index contributed by atoms with van der Waals surface area (Å²) in [5, 5.41) is 7.68. The number of nitrogens with one attached hydrogen (secondary N) is 3. The number of urea groups is 1. The van der Waals surface area contributed by atoms with E-state index in [1.54, 1.807) is 30.3 Å². The van der Waals surface area contributed by atoms with Gasteiger partial charge in [-0.25, -0.2) is 9.48 Å². The van der Waals surface area contributed by atoms with Crippen molar-refractivity contribution in [3.8, 4) is 11.4 Å². The molecule has 2 aromatic carbocycles. The molecule has 1 saturated carbocycles. The van der Waals surface area contributed by atoms with Crippen LogP contribution in [0.3, 0.4) is 0 Å². The number of ether oxygens (including phenoxy) is 2. The monoisotopic (exact) mass is 521 g/mol. The highest BCUT2D eigenvalue weighted by Crippen LogP contribution is 2.27. The highest BCUT2D eigenvalue weighted by molar-refractivity contribution is 5.89. The Kier molecular flexibility index (Phi) is 9.36. The Hall–Kier alpha value is -3.77. The number of hydrogen-bond donors (Lipinski definition) is 4. The molecule has 1 aliphatic rings. The summed E-state index contributed by atoms with van der Waals surface area (Å²) in [6, 6.07) is 12.7. The highest BCUT2D eigenvalue weighted by atomic mass is 19.4. The number of carbonyl (C=O) groups excluding carboxylic acids is 1. The Morgan fingerprint density at radius 1 is 1.19 bits per heavy atom. The molecule has 5 N–H and O–H groups in total. The fourth-order valence-electron chi connectivity index (χ4n) is 3.46. The Morgan fingerprint density at radius 2 is 1.86 bits per heavy atom. The van der Waals surface area contributed by atoms with E-state index in [0.717, 1.165) is 0 Å². The van der Waals surface area contributed by atoms with Gasteiger partial charge in [-0.3, -0.25) is 15.2 Å². The number of amides is 2. The van der Waals surface area contributed by atoms with E-state index in [9.17, 15) is 22.8 Å². The van der Waals surface area contributed by atoms with Crippen molar-refractivity contribution in [2.45, 2.75) is 51.7 Å². The molecule has 1 aliphatic carbocycles. The molecule has 0 unspecified atom stereocenters. The van der Waals surface area contributed by atoms with Gasteiger partial charge >= 0.3 is 12.4 Å². The van der Waals surface area contributed by atoms with Crippen molar-refractivity contribution in [1.82, 2.24) is 15.1 Å². The van der Waals surface area contributed by atoms with Crippen LogP contribution in [0, 0.1) is 6.92 Å². The van der Waals surface area contributed by atoms with Crippen LogP contribution in [0.1, 0.15) is 36.0 Å². The fourth-order valence-corrected chi connectivity index (χ4v) is 3.46. The quantitative estimate of drug-likeness (QED) is 0.368. The van der Waals surface area contributed by atoms with Gasteiger partial charge in [-0.2, -0.15) is 0 Å². The third-order valence-corrected chi connectivity index (χ3v) is 5.63. The van der Waals surface area contributed by atoms with Crippen LogP contribution in [-0.4, -0.2) is 35.3 Å². The van der Waals surface area contributed by atoms with Crippen LogP contribution in [-0.2, 0) is 17.9 Å². The van der Waals surface area contributed by atoms with E-state index in [1.165, 1.54) is 56.2 Å². The summed E-state index contributed by atoms with van der Waals surface area (Å²) >= 11 is 0. The predicted octanol–water partition coefficient (Wildman–Crippen LogP) is 4.34. The van der Waals surface area contributed by atoms with Gasteiger partial charge in [0.25, 0.3) is 5.56 Å². The number of anilines is 1. The summed E-state index contributed by atoms with van der Waals surface area (Å²) < 4.78 is 48.6. The van der Waals surface area contributed by atoms with Crippen molar-refractivity contribution < 1.29 is 27.4 Å². The van der Waals surface area contributed by atoms with Crippen LogP contribution in [0.25, 0.3) is 5.69 Å². The summed E-state index contributed by atoms with van der Waals surface area (Å²) in [6.07, 6.45) is -0.991. The third kappa shape index (κ3) is 8.12. The molecule has 1 heterocycles. The Bertz CT molecular complexity index is 1240. The predicted molar refractivity (Wildman–Crippen MR) is 133 cm³/mol. The minimum absolute atomic E-state index is 0.110. The van der Waals surface area contributed by atoms with E-state index in [0.29, 0.717) is 17.3 Å². The molecular formula is C25H30F3N5O4. The van der Waals surface area contributed by atoms with Crippen molar-refractivity contribution >= 4 is 11.8 Å². The first-order chi connectivity index (χ1) is 17.6. The van der Waals surface area contributed by atoms with Gasteiger partial charge in [0.1, 0.15) is 11.6 Å². The molecule has 0 aliphatic heterocycles. The minimum atomic E-state index is -4.88.